The maximum absolute atomic E-state index is 11.5. The van der Waals surface area contributed by atoms with E-state index in [0.717, 1.165) is 12.1 Å². The molecule has 4 nitrogen and oxygen atoms in total. The molecule has 0 radical (unpaired) electrons. The van der Waals surface area contributed by atoms with Gasteiger partial charge >= 0.3 is 0 Å². The molecule has 0 bridgehead atoms. The number of hydrogen-bond donors (Lipinski definition) is 1. The molecule has 1 heterocycles. The van der Waals surface area contributed by atoms with Crippen molar-refractivity contribution < 1.29 is 13.2 Å². The van der Waals surface area contributed by atoms with Gasteiger partial charge in [0, 0.05) is 29.9 Å². The maximum atomic E-state index is 11.5. The molecule has 2 rings (SSSR count). The number of halogens is 1. The van der Waals surface area contributed by atoms with Crippen LogP contribution in [0.5, 0.6) is 0 Å². The van der Waals surface area contributed by atoms with Crippen LogP contribution in [0.2, 0.25) is 5.02 Å². The third-order valence-corrected chi connectivity index (χ3v) is 4.12. The number of nitrogens with one attached hydrogen (secondary N) is 1. The molecule has 1 saturated heterocycles. The van der Waals surface area contributed by atoms with Crippen LogP contribution in [-0.2, 0) is 14.6 Å². The summed E-state index contributed by atoms with van der Waals surface area (Å²) >= 11 is 6.08. The Morgan fingerprint density at radius 2 is 2.24 bits per heavy atom. The fraction of sp³-hybridized carbons (Fsp3) is 0.455. The number of ether oxygens (including phenoxy) is 1. The van der Waals surface area contributed by atoms with E-state index in [-0.39, 0.29) is 11.0 Å². The van der Waals surface area contributed by atoms with E-state index in [2.05, 4.69) is 5.32 Å². The number of hydrogen-bond acceptors (Lipinski definition) is 4. The highest BCUT2D eigenvalue weighted by Gasteiger charge is 2.20. The molecule has 0 aliphatic carbocycles. The van der Waals surface area contributed by atoms with Gasteiger partial charge in [0.2, 0.25) is 0 Å². The fourth-order valence-electron chi connectivity index (χ4n) is 1.76. The van der Waals surface area contributed by atoms with Crippen molar-refractivity contribution in [2.45, 2.75) is 11.0 Å². The van der Waals surface area contributed by atoms with E-state index in [1.807, 2.05) is 0 Å². The molecular weight excluding hydrogens is 262 g/mol. The van der Waals surface area contributed by atoms with E-state index in [1.165, 1.54) is 12.3 Å². The Balaban J connectivity index is 2.38. The summed E-state index contributed by atoms with van der Waals surface area (Å²) in [4.78, 5) is 0.270. The zero-order valence-corrected chi connectivity index (χ0v) is 11.0. The summed E-state index contributed by atoms with van der Waals surface area (Å²) in [5, 5.41) is 3.72. The lowest BCUT2D eigenvalue weighted by Crippen LogP contribution is -2.33. The quantitative estimate of drug-likeness (QED) is 0.887. The molecule has 0 spiro atoms. The first kappa shape index (κ1) is 12.8. The largest absolute Gasteiger partial charge is 0.371 e. The molecule has 1 N–H and O–H groups in total. The van der Waals surface area contributed by atoms with Gasteiger partial charge in [-0.1, -0.05) is 11.6 Å². The fourth-order valence-corrected chi connectivity index (χ4v) is 2.66. The van der Waals surface area contributed by atoms with E-state index >= 15 is 0 Å². The maximum Gasteiger partial charge on any atom is 0.175 e. The number of benzene rings is 1. The minimum atomic E-state index is -3.22. The number of sulfone groups is 1. The molecule has 17 heavy (non-hydrogen) atoms. The highest BCUT2D eigenvalue weighted by Crippen LogP contribution is 2.28. The summed E-state index contributed by atoms with van der Waals surface area (Å²) in [7, 11) is -3.22. The highest BCUT2D eigenvalue weighted by atomic mass is 35.5. The third kappa shape index (κ3) is 2.98. The van der Waals surface area contributed by atoms with Crippen molar-refractivity contribution in [3.05, 3.63) is 28.8 Å². The van der Waals surface area contributed by atoms with Crippen LogP contribution in [-0.4, -0.2) is 34.4 Å². The van der Waals surface area contributed by atoms with Gasteiger partial charge in [0.1, 0.15) is 0 Å². The molecule has 1 aliphatic rings. The Labute approximate surface area is 106 Å². The zero-order valence-electron chi connectivity index (χ0n) is 9.44. The lowest BCUT2D eigenvalue weighted by molar-refractivity contribution is 0.0276. The Bertz CT molecular complexity index is 509. The first-order valence-corrected chi connectivity index (χ1v) is 7.57. The average molecular weight is 276 g/mol. The SMILES string of the molecule is CS(=O)(=O)c1ccc(Cl)c(C2CNCCO2)c1. The van der Waals surface area contributed by atoms with Gasteiger partial charge in [-0.25, -0.2) is 8.42 Å². The molecular formula is C11H14ClNO3S. The van der Waals surface area contributed by atoms with Crippen LogP contribution in [0.1, 0.15) is 11.7 Å². The second-order valence-electron chi connectivity index (χ2n) is 4.02. The van der Waals surface area contributed by atoms with E-state index < -0.39 is 9.84 Å². The summed E-state index contributed by atoms with van der Waals surface area (Å²) < 4.78 is 28.5. The number of morpholine rings is 1. The summed E-state index contributed by atoms with van der Waals surface area (Å²) in [6, 6.07) is 4.71. The zero-order chi connectivity index (χ0) is 12.5. The summed E-state index contributed by atoms with van der Waals surface area (Å²) in [5.41, 5.74) is 0.724. The van der Waals surface area contributed by atoms with Crippen LogP contribution >= 0.6 is 11.6 Å². The van der Waals surface area contributed by atoms with E-state index in [1.54, 1.807) is 12.1 Å². The summed E-state index contributed by atoms with van der Waals surface area (Å²) in [6.45, 7) is 2.05. The Kier molecular flexibility index (Phi) is 3.73. The molecule has 0 saturated carbocycles. The lowest BCUT2D eigenvalue weighted by Gasteiger charge is -2.25. The standard InChI is InChI=1S/C11H14ClNO3S/c1-17(14,15)8-2-3-10(12)9(6-8)11-7-13-4-5-16-11/h2-3,6,11,13H,4-5,7H2,1H3. The van der Waals surface area contributed by atoms with Crippen LogP contribution in [0.25, 0.3) is 0 Å². The van der Waals surface area contributed by atoms with Gasteiger partial charge in [-0.2, -0.15) is 0 Å². The Hall–Kier alpha value is -0.620. The predicted molar refractivity (Wildman–Crippen MR) is 66.1 cm³/mol. The molecule has 1 aromatic rings. The van der Waals surface area contributed by atoms with Crippen LogP contribution in [0.4, 0.5) is 0 Å². The van der Waals surface area contributed by atoms with E-state index in [4.69, 9.17) is 16.3 Å². The first-order chi connectivity index (χ1) is 7.98. The molecule has 0 amide bonds. The minimum absolute atomic E-state index is 0.182. The number of rotatable bonds is 2. The lowest BCUT2D eigenvalue weighted by atomic mass is 10.1. The van der Waals surface area contributed by atoms with Crippen molar-refractivity contribution in [3.63, 3.8) is 0 Å². The van der Waals surface area contributed by atoms with Crippen molar-refractivity contribution in [2.24, 2.45) is 0 Å². The van der Waals surface area contributed by atoms with Gasteiger partial charge in [0.05, 0.1) is 17.6 Å². The minimum Gasteiger partial charge on any atom is -0.371 e. The van der Waals surface area contributed by atoms with Crippen molar-refractivity contribution in [1.29, 1.82) is 0 Å². The second kappa shape index (κ2) is 4.94. The van der Waals surface area contributed by atoms with Gasteiger partial charge in [-0.05, 0) is 18.2 Å². The molecule has 1 atom stereocenters. The van der Waals surface area contributed by atoms with Gasteiger partial charge < -0.3 is 10.1 Å². The van der Waals surface area contributed by atoms with Crippen LogP contribution in [0.15, 0.2) is 23.1 Å². The van der Waals surface area contributed by atoms with Crippen molar-refractivity contribution in [2.75, 3.05) is 26.0 Å². The molecule has 6 heteroatoms. The normalized spacial score (nSPS) is 21.4. The van der Waals surface area contributed by atoms with Gasteiger partial charge in [0.15, 0.2) is 9.84 Å². The van der Waals surface area contributed by atoms with Crippen LogP contribution in [0.3, 0.4) is 0 Å². The molecule has 1 aromatic carbocycles. The Morgan fingerprint density at radius 1 is 1.47 bits per heavy atom. The molecule has 1 unspecified atom stereocenters. The van der Waals surface area contributed by atoms with Crippen molar-refractivity contribution >= 4 is 21.4 Å². The molecule has 0 aromatic heterocycles. The molecule has 1 fully saturated rings. The van der Waals surface area contributed by atoms with Crippen LogP contribution in [0, 0.1) is 0 Å². The van der Waals surface area contributed by atoms with Crippen molar-refractivity contribution in [1.82, 2.24) is 5.32 Å². The second-order valence-corrected chi connectivity index (χ2v) is 6.44. The Morgan fingerprint density at radius 3 is 2.82 bits per heavy atom. The monoisotopic (exact) mass is 275 g/mol. The highest BCUT2D eigenvalue weighted by molar-refractivity contribution is 7.90. The molecule has 94 valence electrons. The molecule has 1 aliphatic heterocycles. The topological polar surface area (TPSA) is 55.4 Å². The van der Waals surface area contributed by atoms with Gasteiger partial charge in [-0.15, -0.1) is 0 Å². The first-order valence-electron chi connectivity index (χ1n) is 5.30. The van der Waals surface area contributed by atoms with E-state index in [9.17, 15) is 8.42 Å². The predicted octanol–water partition coefficient (Wildman–Crippen LogP) is 1.40. The smallest absolute Gasteiger partial charge is 0.175 e. The average Bonchev–Trinajstić information content (AvgIpc) is 2.29. The summed E-state index contributed by atoms with van der Waals surface area (Å²) in [5.74, 6) is 0. The van der Waals surface area contributed by atoms with Gasteiger partial charge in [-0.3, -0.25) is 0 Å². The third-order valence-electron chi connectivity index (χ3n) is 2.67. The van der Waals surface area contributed by atoms with Crippen molar-refractivity contribution in [3.8, 4) is 0 Å². The van der Waals surface area contributed by atoms with Gasteiger partial charge in [0.25, 0.3) is 0 Å². The van der Waals surface area contributed by atoms with E-state index in [0.29, 0.717) is 18.2 Å². The summed E-state index contributed by atoms with van der Waals surface area (Å²) in [6.07, 6.45) is 0.998. The van der Waals surface area contributed by atoms with Crippen LogP contribution < -0.4 is 5.32 Å².